The van der Waals surface area contributed by atoms with Crippen LogP contribution in [0.2, 0.25) is 0 Å². The minimum atomic E-state index is -1.84. The number of hydrogen-bond acceptors (Lipinski definition) is 11. The van der Waals surface area contributed by atoms with Crippen molar-refractivity contribution in [3.8, 4) is 0 Å². The quantitative estimate of drug-likeness (QED) is 0.171. The molecule has 0 bridgehead atoms. The number of methoxy groups -OCH3 is 1. The van der Waals surface area contributed by atoms with Gasteiger partial charge in [0.15, 0.2) is 6.10 Å². The molecule has 0 radical (unpaired) electrons. The van der Waals surface area contributed by atoms with Crippen molar-refractivity contribution in [2.24, 2.45) is 5.11 Å². The molecule has 0 saturated carbocycles. The fourth-order valence-corrected chi connectivity index (χ4v) is 4.70. The molecular weight excluding hydrogens is 458 g/mol. The van der Waals surface area contributed by atoms with E-state index >= 15 is 0 Å². The zero-order chi connectivity index (χ0) is 24.6. The highest BCUT2D eigenvalue weighted by atomic mass is 32.2. The molecule has 1 aliphatic rings. The lowest BCUT2D eigenvalue weighted by Gasteiger charge is -2.47. The van der Waals surface area contributed by atoms with Crippen molar-refractivity contribution in [1.82, 2.24) is 0 Å². The van der Waals surface area contributed by atoms with Gasteiger partial charge in [0, 0.05) is 30.1 Å². The molecule has 33 heavy (non-hydrogen) atoms. The third-order valence-corrected chi connectivity index (χ3v) is 6.00. The molecule has 6 atom stereocenters. The van der Waals surface area contributed by atoms with Crippen LogP contribution >= 0.6 is 11.8 Å². The predicted octanol–water partition coefficient (Wildman–Crippen LogP) is 1.33. The number of aliphatic hydroxyl groups excluding tert-OH is 2. The molecule has 1 heterocycles. The number of nitrogens with zero attached hydrogens (tertiary/aromatic N) is 3. The summed E-state index contributed by atoms with van der Waals surface area (Å²) in [5.41, 5.74) is 9.11. The van der Waals surface area contributed by atoms with Crippen molar-refractivity contribution in [2.75, 3.05) is 13.7 Å². The van der Waals surface area contributed by atoms with E-state index in [4.69, 9.17) is 24.5 Å². The number of carbonyl (C=O) groups is 3. The number of benzene rings is 1. The highest BCUT2D eigenvalue weighted by molar-refractivity contribution is 8.01. The molecule has 2 rings (SSSR count). The number of aliphatic hydroxyl groups is 2. The van der Waals surface area contributed by atoms with E-state index in [9.17, 15) is 24.6 Å². The first-order chi connectivity index (χ1) is 15.7. The Morgan fingerprint density at radius 2 is 1.97 bits per heavy atom. The largest absolute Gasteiger partial charge is 0.466 e. The lowest BCUT2D eigenvalue weighted by molar-refractivity contribution is -0.216. The normalized spacial score (nSPS) is 26.3. The SMILES string of the molecule is COC(=O)[C@]1(Sc2ccccc2)C[C@H](OC(C)=O)[C@@H](N=[N+]=[N-])[C@H]([C@H](OC(C)=O)[C@H](O)CO)O1. The molecule has 180 valence electrons. The average molecular weight is 483 g/mol. The standard InChI is InChI=1S/C20H25N3O9S/c1-11(25)30-15-9-20(19(28)29-3,33-13-7-5-4-6-8-13)32-18(16(15)22-23-21)17(14(27)10-24)31-12(2)26/h4-8,14-18,24,27H,9-10H2,1-3H3/t14-,15+,16-,17-,18-,20-/m1/s1. The van der Waals surface area contributed by atoms with Crippen LogP contribution in [0, 0.1) is 0 Å². The van der Waals surface area contributed by atoms with Gasteiger partial charge in [-0.1, -0.05) is 35.1 Å². The van der Waals surface area contributed by atoms with Gasteiger partial charge in [0.05, 0.1) is 13.7 Å². The van der Waals surface area contributed by atoms with Crippen LogP contribution in [0.1, 0.15) is 20.3 Å². The summed E-state index contributed by atoms with van der Waals surface area (Å²) in [6.45, 7) is 1.36. The molecule has 0 unspecified atom stereocenters. The van der Waals surface area contributed by atoms with Crippen LogP contribution in [0.5, 0.6) is 0 Å². The number of hydrogen-bond donors (Lipinski definition) is 2. The number of azide groups is 1. The Kier molecular flexibility index (Phi) is 9.50. The maximum Gasteiger partial charge on any atom is 0.349 e. The average Bonchev–Trinajstić information content (AvgIpc) is 2.78. The van der Waals surface area contributed by atoms with E-state index in [2.05, 4.69) is 10.0 Å². The molecule has 1 aromatic carbocycles. The maximum atomic E-state index is 13.0. The second kappa shape index (κ2) is 11.9. The number of carbonyl (C=O) groups excluding carboxylic acids is 3. The van der Waals surface area contributed by atoms with Gasteiger partial charge in [0.2, 0.25) is 4.93 Å². The summed E-state index contributed by atoms with van der Waals surface area (Å²) in [4.78, 5) is 38.0. The second-order valence-electron chi connectivity index (χ2n) is 7.11. The first kappa shape index (κ1) is 26.4. The van der Waals surface area contributed by atoms with Gasteiger partial charge in [-0.15, -0.1) is 0 Å². The van der Waals surface area contributed by atoms with Crippen LogP contribution in [-0.4, -0.2) is 77.2 Å². The Morgan fingerprint density at radius 1 is 1.30 bits per heavy atom. The van der Waals surface area contributed by atoms with Gasteiger partial charge in [0.1, 0.15) is 24.4 Å². The lowest BCUT2D eigenvalue weighted by Crippen LogP contribution is -2.62. The fourth-order valence-electron chi connectivity index (χ4n) is 3.45. The number of rotatable bonds is 9. The molecule has 0 amide bonds. The van der Waals surface area contributed by atoms with Crippen LogP contribution in [0.25, 0.3) is 10.4 Å². The van der Waals surface area contributed by atoms with Crippen molar-refractivity contribution < 1.29 is 43.5 Å². The second-order valence-corrected chi connectivity index (χ2v) is 8.45. The van der Waals surface area contributed by atoms with E-state index in [-0.39, 0.29) is 6.42 Å². The zero-order valence-electron chi connectivity index (χ0n) is 18.2. The minimum absolute atomic E-state index is 0.277. The van der Waals surface area contributed by atoms with Gasteiger partial charge in [0.25, 0.3) is 0 Å². The molecule has 0 spiro atoms. The molecular formula is C20H25N3O9S. The molecule has 1 aliphatic heterocycles. The number of esters is 3. The summed E-state index contributed by atoms with van der Waals surface area (Å²) >= 11 is 0.948. The molecule has 12 nitrogen and oxygen atoms in total. The van der Waals surface area contributed by atoms with E-state index < -0.39 is 59.9 Å². The molecule has 1 saturated heterocycles. The zero-order valence-corrected chi connectivity index (χ0v) is 19.0. The summed E-state index contributed by atoms with van der Waals surface area (Å²) in [6, 6.07) is 7.35. The summed E-state index contributed by atoms with van der Waals surface area (Å²) in [5.74, 6) is -2.41. The lowest BCUT2D eigenvalue weighted by atomic mass is 9.90. The highest BCUT2D eigenvalue weighted by Crippen LogP contribution is 2.46. The van der Waals surface area contributed by atoms with Crippen LogP contribution in [0.4, 0.5) is 0 Å². The highest BCUT2D eigenvalue weighted by Gasteiger charge is 2.57. The Labute approximate surface area is 193 Å². The molecule has 0 aromatic heterocycles. The van der Waals surface area contributed by atoms with Gasteiger partial charge >= 0.3 is 17.9 Å². The van der Waals surface area contributed by atoms with Crippen LogP contribution < -0.4 is 0 Å². The van der Waals surface area contributed by atoms with Crippen molar-refractivity contribution in [3.05, 3.63) is 40.8 Å². The van der Waals surface area contributed by atoms with Crippen molar-refractivity contribution in [1.29, 1.82) is 0 Å². The molecule has 0 aliphatic carbocycles. The fraction of sp³-hybridized carbons (Fsp3) is 0.550. The molecule has 1 aromatic rings. The Morgan fingerprint density at radius 3 is 2.48 bits per heavy atom. The third kappa shape index (κ3) is 6.59. The van der Waals surface area contributed by atoms with E-state index in [1.54, 1.807) is 30.3 Å². The number of thioether (sulfide) groups is 1. The minimum Gasteiger partial charge on any atom is -0.466 e. The van der Waals surface area contributed by atoms with Gasteiger partial charge in [-0.3, -0.25) is 9.59 Å². The Balaban J connectivity index is 2.65. The van der Waals surface area contributed by atoms with Crippen LogP contribution in [-0.2, 0) is 33.3 Å². The summed E-state index contributed by atoms with van der Waals surface area (Å²) in [7, 11) is 1.14. The summed E-state index contributed by atoms with van der Waals surface area (Å²) in [6.07, 6.45) is -6.21. The topological polar surface area (TPSA) is 177 Å². The smallest absolute Gasteiger partial charge is 0.349 e. The van der Waals surface area contributed by atoms with Crippen LogP contribution in [0.3, 0.4) is 0 Å². The third-order valence-electron chi connectivity index (χ3n) is 4.73. The summed E-state index contributed by atoms with van der Waals surface area (Å²) < 4.78 is 21.6. The van der Waals surface area contributed by atoms with Gasteiger partial charge < -0.3 is 29.2 Å². The van der Waals surface area contributed by atoms with E-state index in [0.29, 0.717) is 4.90 Å². The predicted molar refractivity (Wildman–Crippen MR) is 114 cm³/mol. The van der Waals surface area contributed by atoms with Gasteiger partial charge in [-0.2, -0.15) is 0 Å². The van der Waals surface area contributed by atoms with Gasteiger partial charge in [-0.05, 0) is 17.7 Å². The number of ether oxygens (including phenoxy) is 4. The Hall–Kier alpha value is -2.83. The molecule has 1 fully saturated rings. The maximum absolute atomic E-state index is 13.0. The van der Waals surface area contributed by atoms with Crippen LogP contribution in [0.15, 0.2) is 40.3 Å². The van der Waals surface area contributed by atoms with E-state index in [1.165, 1.54) is 0 Å². The van der Waals surface area contributed by atoms with Gasteiger partial charge in [-0.25, -0.2) is 4.79 Å². The van der Waals surface area contributed by atoms with Crippen molar-refractivity contribution in [2.45, 2.75) is 60.6 Å². The monoisotopic (exact) mass is 483 g/mol. The Bertz CT molecular complexity index is 896. The first-order valence-corrected chi connectivity index (χ1v) is 10.7. The first-order valence-electron chi connectivity index (χ1n) is 9.85. The van der Waals surface area contributed by atoms with E-state index in [0.717, 1.165) is 32.7 Å². The van der Waals surface area contributed by atoms with Crippen molar-refractivity contribution >= 4 is 29.7 Å². The van der Waals surface area contributed by atoms with E-state index in [1.807, 2.05) is 0 Å². The summed E-state index contributed by atoms with van der Waals surface area (Å²) in [5, 5.41) is 23.5. The molecule has 13 heteroatoms. The van der Waals surface area contributed by atoms with Crippen molar-refractivity contribution in [3.63, 3.8) is 0 Å². The molecule has 2 N–H and O–H groups in total.